The van der Waals surface area contributed by atoms with Gasteiger partial charge in [0.25, 0.3) is 11.6 Å². The highest BCUT2D eigenvalue weighted by atomic mass is 16.9. The quantitative estimate of drug-likeness (QED) is 0.0598. The number of rotatable bonds is 18. The van der Waals surface area contributed by atoms with Gasteiger partial charge < -0.3 is 29.2 Å². The molecule has 0 saturated carbocycles. The maximum atomic E-state index is 14.6. The number of Topliss-reactive ketones (excluding diaryl/α,β-unsaturated/α-hetero) is 2. The summed E-state index contributed by atoms with van der Waals surface area (Å²) in [6, 6.07) is 26.2. The predicted octanol–water partition coefficient (Wildman–Crippen LogP) is 8.60. The lowest BCUT2D eigenvalue weighted by Crippen LogP contribution is -2.45. The maximum Gasteiger partial charge on any atom is 0.271 e. The van der Waals surface area contributed by atoms with Gasteiger partial charge in [-0.2, -0.15) is 0 Å². The standard InChI is InChI=1S/C42H46O9/c1-5-7-9-27-47-35-23-15-31(16-24-35)39(3)41(49-39,37(45)29-11-19-33(43)20-12-29)51-42(38(46)30-13-21-34(44)22-14-30)40(4,50-42)32-17-25-36(26-18-32)48-28-10-8-6-2/h11-26,43-44H,5-10,27-28H2,1-4H3. The number of unbranched alkanes of at least 4 members (excludes halogenated alkanes) is 4. The zero-order valence-corrected chi connectivity index (χ0v) is 29.6. The summed E-state index contributed by atoms with van der Waals surface area (Å²) in [6.45, 7) is 8.94. The van der Waals surface area contributed by atoms with Crippen LogP contribution in [-0.4, -0.2) is 46.6 Å². The van der Waals surface area contributed by atoms with E-state index in [-0.39, 0.29) is 22.6 Å². The lowest BCUT2D eigenvalue weighted by Gasteiger charge is -2.24. The number of carbonyl (C=O) groups is 2. The van der Waals surface area contributed by atoms with E-state index in [1.807, 2.05) is 48.5 Å². The molecule has 0 radical (unpaired) electrons. The first-order chi connectivity index (χ1) is 24.5. The van der Waals surface area contributed by atoms with Crippen LogP contribution in [0.4, 0.5) is 0 Å². The van der Waals surface area contributed by atoms with Crippen molar-refractivity contribution in [1.82, 2.24) is 0 Å². The summed E-state index contributed by atoms with van der Waals surface area (Å²) >= 11 is 0. The zero-order chi connectivity index (χ0) is 36.3. The van der Waals surface area contributed by atoms with Crippen molar-refractivity contribution in [1.29, 1.82) is 0 Å². The van der Waals surface area contributed by atoms with Gasteiger partial charge >= 0.3 is 0 Å². The highest BCUT2D eigenvalue weighted by molar-refractivity contribution is 6.07. The van der Waals surface area contributed by atoms with Crippen LogP contribution in [0, 0.1) is 0 Å². The second-order valence-electron chi connectivity index (χ2n) is 13.5. The molecule has 4 aromatic carbocycles. The first-order valence-electron chi connectivity index (χ1n) is 17.8. The lowest BCUT2D eigenvalue weighted by molar-refractivity contribution is -0.108. The van der Waals surface area contributed by atoms with Crippen LogP contribution in [0.3, 0.4) is 0 Å². The number of ketones is 2. The third kappa shape index (κ3) is 6.86. The monoisotopic (exact) mass is 694 g/mol. The van der Waals surface area contributed by atoms with Crippen molar-refractivity contribution >= 4 is 11.6 Å². The number of phenols is 2. The fraction of sp³-hybridized carbons (Fsp3) is 0.381. The molecule has 2 heterocycles. The van der Waals surface area contributed by atoms with E-state index in [0.717, 1.165) is 38.5 Å². The van der Waals surface area contributed by atoms with Gasteiger partial charge in [0, 0.05) is 11.1 Å². The van der Waals surface area contributed by atoms with E-state index in [9.17, 15) is 19.8 Å². The molecule has 2 saturated heterocycles. The van der Waals surface area contributed by atoms with Crippen molar-refractivity contribution in [3.63, 3.8) is 0 Å². The second kappa shape index (κ2) is 14.5. The van der Waals surface area contributed by atoms with Gasteiger partial charge in [-0.1, -0.05) is 63.8 Å². The highest BCUT2D eigenvalue weighted by Crippen LogP contribution is 2.67. The average molecular weight is 695 g/mol. The second-order valence-corrected chi connectivity index (χ2v) is 13.5. The number of aromatic hydroxyl groups is 2. The summed E-state index contributed by atoms with van der Waals surface area (Å²) in [6.07, 6.45) is 6.22. The third-order valence-electron chi connectivity index (χ3n) is 9.86. The molecule has 6 rings (SSSR count). The van der Waals surface area contributed by atoms with Crippen molar-refractivity contribution in [2.75, 3.05) is 13.2 Å². The fourth-order valence-corrected chi connectivity index (χ4v) is 6.51. The van der Waals surface area contributed by atoms with Gasteiger partial charge in [0.2, 0.25) is 11.6 Å². The van der Waals surface area contributed by atoms with Crippen LogP contribution in [0.1, 0.15) is 98.1 Å². The van der Waals surface area contributed by atoms with Crippen LogP contribution in [-0.2, 0) is 25.4 Å². The molecule has 0 spiro atoms. The van der Waals surface area contributed by atoms with Crippen molar-refractivity contribution in [3.05, 3.63) is 119 Å². The minimum atomic E-state index is -2.00. The fourth-order valence-electron chi connectivity index (χ4n) is 6.51. The van der Waals surface area contributed by atoms with Gasteiger partial charge in [-0.15, -0.1) is 0 Å². The van der Waals surface area contributed by atoms with Gasteiger partial charge in [-0.25, -0.2) is 0 Å². The molecule has 4 unspecified atom stereocenters. The minimum absolute atomic E-state index is 0.00890. The average Bonchev–Trinajstić information content (AvgIpc) is 3.98. The molecule has 0 amide bonds. The summed E-state index contributed by atoms with van der Waals surface area (Å²) in [5.41, 5.74) is -0.982. The molecule has 268 valence electrons. The smallest absolute Gasteiger partial charge is 0.271 e. The predicted molar refractivity (Wildman–Crippen MR) is 191 cm³/mol. The number of hydrogen-bond acceptors (Lipinski definition) is 9. The van der Waals surface area contributed by atoms with Gasteiger partial charge in [-0.3, -0.25) is 14.3 Å². The van der Waals surface area contributed by atoms with Crippen molar-refractivity contribution in [2.45, 2.75) is 89.0 Å². The highest BCUT2D eigenvalue weighted by Gasteiger charge is 2.84. The summed E-state index contributed by atoms with van der Waals surface area (Å²) in [7, 11) is 0. The van der Waals surface area contributed by atoms with Crippen molar-refractivity contribution in [2.24, 2.45) is 0 Å². The number of ether oxygens (including phenoxy) is 5. The third-order valence-corrected chi connectivity index (χ3v) is 9.86. The van der Waals surface area contributed by atoms with E-state index >= 15 is 0 Å². The van der Waals surface area contributed by atoms with Crippen LogP contribution in [0.15, 0.2) is 97.1 Å². The Hall–Kier alpha value is -4.70. The molecule has 2 fully saturated rings. The van der Waals surface area contributed by atoms with E-state index in [0.29, 0.717) is 35.8 Å². The number of phenolic OH excluding ortho intramolecular Hbond substituents is 2. The molecule has 2 aliphatic heterocycles. The Bertz CT molecular complexity index is 1690. The van der Waals surface area contributed by atoms with Crippen LogP contribution in [0.2, 0.25) is 0 Å². The van der Waals surface area contributed by atoms with E-state index < -0.39 is 34.3 Å². The molecule has 4 atom stereocenters. The molecule has 0 aromatic heterocycles. The molecule has 0 bridgehead atoms. The van der Waals surface area contributed by atoms with Gasteiger partial charge in [0.1, 0.15) is 23.0 Å². The summed E-state index contributed by atoms with van der Waals surface area (Å²) < 4.78 is 31.4. The number of epoxide rings is 2. The summed E-state index contributed by atoms with van der Waals surface area (Å²) in [5.74, 6) is -3.74. The molecule has 0 aliphatic carbocycles. The van der Waals surface area contributed by atoms with E-state index in [4.69, 9.17) is 23.7 Å². The van der Waals surface area contributed by atoms with Gasteiger partial charge in [0.05, 0.1) is 13.2 Å². The Morgan fingerprint density at radius 3 is 1.24 bits per heavy atom. The summed E-state index contributed by atoms with van der Waals surface area (Å²) in [4.78, 5) is 29.1. The first-order valence-corrected chi connectivity index (χ1v) is 17.8. The topological polar surface area (TPSA) is 127 Å². The molecule has 51 heavy (non-hydrogen) atoms. The summed E-state index contributed by atoms with van der Waals surface area (Å²) in [5, 5.41) is 20.0. The molecule has 2 N–H and O–H groups in total. The Kier molecular flexibility index (Phi) is 10.3. The number of hydrogen-bond donors (Lipinski definition) is 2. The SMILES string of the molecule is CCCCCOc1ccc(C2(C)OC2(OC2(C(=O)c3ccc(O)cc3)OC2(C)c2ccc(OCCCCC)cc2)C(=O)c2ccc(O)cc2)cc1. The maximum absolute atomic E-state index is 14.6. The van der Waals surface area contributed by atoms with E-state index in [1.54, 1.807) is 13.8 Å². The zero-order valence-electron chi connectivity index (χ0n) is 29.6. The van der Waals surface area contributed by atoms with Gasteiger partial charge in [-0.05, 0) is 111 Å². The first kappa shape index (κ1) is 36.1. The number of carbonyl (C=O) groups excluding carboxylic acids is 2. The molecular formula is C42H46O9. The Balaban J connectivity index is 1.37. The minimum Gasteiger partial charge on any atom is -0.508 e. The molecule has 4 aromatic rings. The van der Waals surface area contributed by atoms with E-state index in [2.05, 4.69) is 13.8 Å². The normalized spacial score (nSPS) is 24.9. The van der Waals surface area contributed by atoms with Crippen LogP contribution < -0.4 is 9.47 Å². The Morgan fingerprint density at radius 1 is 0.549 bits per heavy atom. The van der Waals surface area contributed by atoms with Crippen LogP contribution in [0.25, 0.3) is 0 Å². The molecular weight excluding hydrogens is 648 g/mol. The molecule has 2 aliphatic rings. The van der Waals surface area contributed by atoms with Crippen molar-refractivity contribution < 1.29 is 43.5 Å². The molecule has 9 nitrogen and oxygen atoms in total. The Labute approximate surface area is 299 Å². The van der Waals surface area contributed by atoms with Crippen LogP contribution >= 0.6 is 0 Å². The van der Waals surface area contributed by atoms with Gasteiger partial charge in [0.15, 0.2) is 11.2 Å². The van der Waals surface area contributed by atoms with Crippen LogP contribution in [0.5, 0.6) is 23.0 Å². The lowest BCUT2D eigenvalue weighted by atomic mass is 9.87. The van der Waals surface area contributed by atoms with Crippen molar-refractivity contribution in [3.8, 4) is 23.0 Å². The number of benzene rings is 4. The largest absolute Gasteiger partial charge is 0.508 e. The van der Waals surface area contributed by atoms with E-state index in [1.165, 1.54) is 48.5 Å². The Morgan fingerprint density at radius 2 is 0.902 bits per heavy atom. The molecule has 9 heteroatoms.